The van der Waals surface area contributed by atoms with E-state index in [2.05, 4.69) is 5.32 Å². The number of phenolic OH excluding ortho intramolecular Hbond substituents is 1. The minimum atomic E-state index is -0.322. The first kappa shape index (κ1) is 22.2. The van der Waals surface area contributed by atoms with E-state index in [1.807, 2.05) is 6.92 Å². The van der Waals surface area contributed by atoms with Crippen molar-refractivity contribution in [3.63, 3.8) is 0 Å². The first-order valence-corrected chi connectivity index (χ1v) is 10.4. The molecule has 4 aromatic rings. The summed E-state index contributed by atoms with van der Waals surface area (Å²) in [5, 5.41) is 13.0. The number of hydrogen-bond acceptors (Lipinski definition) is 6. The van der Waals surface area contributed by atoms with Gasteiger partial charge in [-0.1, -0.05) is 36.4 Å². The highest BCUT2D eigenvalue weighted by atomic mass is 19.1. The maximum absolute atomic E-state index is 13.1. The fourth-order valence-electron chi connectivity index (χ4n) is 3.43. The van der Waals surface area contributed by atoms with Crippen LogP contribution in [0.4, 0.5) is 4.39 Å². The zero-order valence-electron chi connectivity index (χ0n) is 17.9. The third kappa shape index (κ3) is 5.10. The predicted octanol–water partition coefficient (Wildman–Crippen LogP) is 4.60. The van der Waals surface area contributed by atoms with Crippen LogP contribution in [0.25, 0.3) is 22.1 Å². The molecular formula is C26H22FNO5. The van der Waals surface area contributed by atoms with E-state index in [-0.39, 0.29) is 53.5 Å². The Morgan fingerprint density at radius 1 is 1.06 bits per heavy atom. The quantitative estimate of drug-likeness (QED) is 0.410. The van der Waals surface area contributed by atoms with Gasteiger partial charge in [0, 0.05) is 6.04 Å². The molecule has 4 rings (SSSR count). The molecule has 3 aromatic carbocycles. The number of Topliss-reactive ketones (excluding diaryl/α,β-unsaturated/α-hetero) is 1. The second-order valence-electron chi connectivity index (χ2n) is 7.62. The van der Waals surface area contributed by atoms with Crippen molar-refractivity contribution in [2.75, 3.05) is 13.2 Å². The van der Waals surface area contributed by atoms with Crippen LogP contribution < -0.4 is 15.5 Å². The number of hydrogen-bond donors (Lipinski definition) is 2. The van der Waals surface area contributed by atoms with E-state index >= 15 is 0 Å². The number of phenols is 1. The van der Waals surface area contributed by atoms with Gasteiger partial charge in [0.15, 0.2) is 12.4 Å². The molecule has 168 valence electrons. The minimum absolute atomic E-state index is 0.0187. The number of halogens is 1. The van der Waals surface area contributed by atoms with Crippen LogP contribution in [0, 0.1) is 5.82 Å². The Morgan fingerprint density at radius 3 is 2.48 bits per heavy atom. The Morgan fingerprint density at radius 2 is 1.76 bits per heavy atom. The number of benzene rings is 3. The molecule has 0 unspecified atom stereocenters. The normalized spacial score (nSPS) is 11.9. The Kier molecular flexibility index (Phi) is 6.51. The molecule has 1 atom stereocenters. The summed E-state index contributed by atoms with van der Waals surface area (Å²) in [4.78, 5) is 25.6. The second-order valence-corrected chi connectivity index (χ2v) is 7.62. The van der Waals surface area contributed by atoms with Crippen LogP contribution in [0.5, 0.6) is 11.7 Å². The van der Waals surface area contributed by atoms with Crippen LogP contribution in [0.1, 0.15) is 18.5 Å². The predicted molar refractivity (Wildman–Crippen MR) is 123 cm³/mol. The van der Waals surface area contributed by atoms with Gasteiger partial charge in [0.2, 0.25) is 5.43 Å². The van der Waals surface area contributed by atoms with E-state index in [0.29, 0.717) is 16.5 Å². The fourth-order valence-corrected chi connectivity index (χ4v) is 3.43. The van der Waals surface area contributed by atoms with Crippen LogP contribution in [-0.4, -0.2) is 24.0 Å². The summed E-state index contributed by atoms with van der Waals surface area (Å²) >= 11 is 0. The molecule has 0 aliphatic carbocycles. The maximum Gasteiger partial charge on any atom is 0.297 e. The first-order chi connectivity index (χ1) is 15.9. The summed E-state index contributed by atoms with van der Waals surface area (Å²) in [6.07, 6.45) is 0. The number of ether oxygens (including phenoxy) is 1. The number of fused-ring (bicyclic) bond motifs is 1. The Hall–Kier alpha value is -3.97. The third-order valence-corrected chi connectivity index (χ3v) is 5.26. The van der Waals surface area contributed by atoms with E-state index in [4.69, 9.17) is 9.15 Å². The molecule has 0 fully saturated rings. The van der Waals surface area contributed by atoms with Crippen LogP contribution in [0.3, 0.4) is 0 Å². The summed E-state index contributed by atoms with van der Waals surface area (Å²) in [6, 6.07) is 18.7. The third-order valence-electron chi connectivity index (χ3n) is 5.26. The van der Waals surface area contributed by atoms with Crippen molar-refractivity contribution >= 4 is 16.8 Å². The Bertz CT molecular complexity index is 1330. The molecule has 0 bridgehead atoms. The SMILES string of the molecule is C[C@@H](NCC(=O)COc1oc2ccccc2c(=O)c1-c1ccc(O)cc1)c1ccc(F)cc1. The second kappa shape index (κ2) is 9.67. The van der Waals surface area contributed by atoms with Crippen molar-refractivity contribution in [2.24, 2.45) is 0 Å². The lowest BCUT2D eigenvalue weighted by molar-refractivity contribution is -0.120. The average Bonchev–Trinajstić information content (AvgIpc) is 2.82. The highest BCUT2D eigenvalue weighted by Gasteiger charge is 2.19. The van der Waals surface area contributed by atoms with Crippen molar-refractivity contribution in [3.8, 4) is 22.8 Å². The number of aromatic hydroxyl groups is 1. The summed E-state index contributed by atoms with van der Waals surface area (Å²) in [5.74, 6) is -0.583. The van der Waals surface area contributed by atoms with Crippen molar-refractivity contribution in [1.82, 2.24) is 5.32 Å². The van der Waals surface area contributed by atoms with Crippen molar-refractivity contribution in [2.45, 2.75) is 13.0 Å². The van der Waals surface area contributed by atoms with Crippen LogP contribution in [0.15, 0.2) is 82.0 Å². The molecule has 0 aliphatic rings. The molecule has 1 aromatic heterocycles. The van der Waals surface area contributed by atoms with Gasteiger partial charge in [-0.3, -0.25) is 9.59 Å². The van der Waals surface area contributed by atoms with Crippen LogP contribution in [0.2, 0.25) is 0 Å². The van der Waals surface area contributed by atoms with Crippen molar-refractivity contribution in [3.05, 3.63) is 94.4 Å². The maximum atomic E-state index is 13.1. The van der Waals surface area contributed by atoms with Gasteiger partial charge in [-0.05, 0) is 54.4 Å². The standard InChI is InChI=1S/C26H22FNO5/c1-16(17-6-10-19(27)11-7-17)28-14-21(30)15-32-26-24(18-8-12-20(29)13-9-18)25(31)22-4-2-3-5-23(22)33-26/h2-13,16,28-29H,14-15H2,1H3/t16-/m1/s1. The monoisotopic (exact) mass is 447 g/mol. The van der Waals surface area contributed by atoms with E-state index in [9.17, 15) is 19.1 Å². The lowest BCUT2D eigenvalue weighted by Gasteiger charge is -2.14. The van der Waals surface area contributed by atoms with Gasteiger partial charge >= 0.3 is 0 Å². The van der Waals surface area contributed by atoms with Gasteiger partial charge in [-0.2, -0.15) is 0 Å². The van der Waals surface area contributed by atoms with E-state index in [1.54, 1.807) is 48.5 Å². The number of ketones is 1. The summed E-state index contributed by atoms with van der Waals surface area (Å²) in [5.41, 5.74) is 1.57. The summed E-state index contributed by atoms with van der Waals surface area (Å²) in [7, 11) is 0. The first-order valence-electron chi connectivity index (χ1n) is 10.4. The lowest BCUT2D eigenvalue weighted by Crippen LogP contribution is -2.29. The molecule has 1 heterocycles. The van der Waals surface area contributed by atoms with Crippen molar-refractivity contribution < 1.29 is 23.4 Å². The molecule has 0 spiro atoms. The summed E-state index contributed by atoms with van der Waals surface area (Å²) in [6.45, 7) is 1.58. The number of carbonyl (C=O) groups is 1. The molecule has 33 heavy (non-hydrogen) atoms. The minimum Gasteiger partial charge on any atom is -0.508 e. The zero-order chi connectivity index (χ0) is 23.4. The van der Waals surface area contributed by atoms with E-state index in [0.717, 1.165) is 5.56 Å². The molecule has 0 saturated heterocycles. The molecule has 2 N–H and O–H groups in total. The number of rotatable bonds is 8. The number of nitrogens with one attached hydrogen (secondary N) is 1. The smallest absolute Gasteiger partial charge is 0.297 e. The van der Waals surface area contributed by atoms with Crippen LogP contribution in [-0.2, 0) is 4.79 Å². The molecule has 7 heteroatoms. The molecule has 0 amide bonds. The van der Waals surface area contributed by atoms with Gasteiger partial charge in [0.05, 0.1) is 11.9 Å². The highest BCUT2D eigenvalue weighted by Crippen LogP contribution is 2.31. The van der Waals surface area contributed by atoms with Gasteiger partial charge in [0.1, 0.15) is 22.7 Å². The van der Waals surface area contributed by atoms with Crippen LogP contribution >= 0.6 is 0 Å². The van der Waals surface area contributed by atoms with Gasteiger partial charge in [-0.15, -0.1) is 0 Å². The number of para-hydroxylation sites is 1. The Balaban J connectivity index is 1.52. The van der Waals surface area contributed by atoms with E-state index < -0.39 is 0 Å². The van der Waals surface area contributed by atoms with Gasteiger partial charge in [0.25, 0.3) is 5.95 Å². The van der Waals surface area contributed by atoms with Crippen molar-refractivity contribution in [1.29, 1.82) is 0 Å². The molecule has 0 aliphatic heterocycles. The topological polar surface area (TPSA) is 88.8 Å². The molecule has 0 radical (unpaired) electrons. The average molecular weight is 447 g/mol. The van der Waals surface area contributed by atoms with Gasteiger partial charge < -0.3 is 19.6 Å². The van der Waals surface area contributed by atoms with E-state index in [1.165, 1.54) is 24.3 Å². The Labute approximate surface area is 189 Å². The molecule has 0 saturated carbocycles. The summed E-state index contributed by atoms with van der Waals surface area (Å²) < 4.78 is 24.6. The number of carbonyl (C=O) groups excluding carboxylic acids is 1. The highest BCUT2D eigenvalue weighted by molar-refractivity contribution is 5.85. The fraction of sp³-hybridized carbons (Fsp3) is 0.154. The molecular weight excluding hydrogens is 425 g/mol. The largest absolute Gasteiger partial charge is 0.508 e. The van der Waals surface area contributed by atoms with Gasteiger partial charge in [-0.25, -0.2) is 4.39 Å². The lowest BCUT2D eigenvalue weighted by atomic mass is 10.0. The zero-order valence-corrected chi connectivity index (χ0v) is 17.9. The molecule has 6 nitrogen and oxygen atoms in total.